The molecule has 4 aromatic rings. The van der Waals surface area contributed by atoms with Gasteiger partial charge in [0.1, 0.15) is 29.1 Å². The molecule has 2 aliphatic heterocycles. The summed E-state index contributed by atoms with van der Waals surface area (Å²) in [5.74, 6) is 0.649. The van der Waals surface area contributed by atoms with Crippen LogP contribution in [-0.2, 0) is 16.0 Å². The standard InChI is InChI=1S/C38H46FN5O5/c1-4-26-7-5-8-27-17-28(49-24-47-3)18-29(31(26)27)33-32(39)34-30(19-40-33)35(44-14-6-11-37(2,46)21-44)42-36(41-34)48-23-38(12-13-38)22-43-15-9-25(20-45)10-16-43/h5,7-8,17-20,25,46H,4,6,9-16,21-24H2,1-3H3/t37-/m1/s1. The summed E-state index contributed by atoms with van der Waals surface area (Å²) in [7, 11) is 1.56. The highest BCUT2D eigenvalue weighted by Gasteiger charge is 2.45. The van der Waals surface area contributed by atoms with E-state index in [9.17, 15) is 9.90 Å². The van der Waals surface area contributed by atoms with Crippen LogP contribution in [0.1, 0.15) is 57.9 Å². The first-order valence-corrected chi connectivity index (χ1v) is 17.5. The summed E-state index contributed by atoms with van der Waals surface area (Å²) in [4.78, 5) is 29.9. The molecule has 260 valence electrons. The van der Waals surface area contributed by atoms with E-state index in [1.807, 2.05) is 42.2 Å². The lowest BCUT2D eigenvalue weighted by Crippen LogP contribution is -2.46. The van der Waals surface area contributed by atoms with Crippen molar-refractivity contribution in [2.75, 3.05) is 58.1 Å². The fraction of sp³-hybridized carbons (Fsp3) is 0.526. The monoisotopic (exact) mass is 671 g/mol. The molecule has 0 radical (unpaired) electrons. The van der Waals surface area contributed by atoms with E-state index >= 15 is 4.39 Å². The maximum absolute atomic E-state index is 17.1. The number of hydrogen-bond acceptors (Lipinski definition) is 10. The molecule has 0 spiro atoms. The Bertz CT molecular complexity index is 1840. The van der Waals surface area contributed by atoms with Crippen molar-refractivity contribution in [1.82, 2.24) is 19.9 Å². The minimum atomic E-state index is -0.907. The molecule has 3 fully saturated rings. The number of hydrogen-bond donors (Lipinski definition) is 1. The predicted molar refractivity (Wildman–Crippen MR) is 187 cm³/mol. The predicted octanol–water partition coefficient (Wildman–Crippen LogP) is 5.95. The van der Waals surface area contributed by atoms with Gasteiger partial charge in [0.15, 0.2) is 12.6 Å². The van der Waals surface area contributed by atoms with Crippen LogP contribution in [0.4, 0.5) is 10.2 Å². The SMILES string of the molecule is CCc1cccc2cc(OCOC)cc(-c3ncc4c(N5CCC[C@@](C)(O)C5)nc(OCC5(CN6CCC(C=O)CC6)CC5)nc4c3F)c12. The molecule has 0 bridgehead atoms. The lowest BCUT2D eigenvalue weighted by Gasteiger charge is -2.38. The molecule has 7 rings (SSSR count). The lowest BCUT2D eigenvalue weighted by atomic mass is 9.94. The van der Waals surface area contributed by atoms with Gasteiger partial charge in [-0.1, -0.05) is 25.1 Å². The topological polar surface area (TPSA) is 110 Å². The maximum Gasteiger partial charge on any atom is 0.319 e. The van der Waals surface area contributed by atoms with Gasteiger partial charge in [-0.2, -0.15) is 9.97 Å². The molecule has 1 saturated carbocycles. The van der Waals surface area contributed by atoms with Crippen LogP contribution in [-0.4, -0.2) is 90.1 Å². The van der Waals surface area contributed by atoms with E-state index in [2.05, 4.69) is 11.8 Å². The Morgan fingerprint density at radius 2 is 1.92 bits per heavy atom. The van der Waals surface area contributed by atoms with Crippen molar-refractivity contribution in [1.29, 1.82) is 0 Å². The van der Waals surface area contributed by atoms with Gasteiger partial charge in [-0.3, -0.25) is 4.98 Å². The molecule has 1 aliphatic carbocycles. The zero-order valence-electron chi connectivity index (χ0n) is 28.7. The van der Waals surface area contributed by atoms with E-state index in [1.165, 1.54) is 0 Å². The quantitative estimate of drug-likeness (QED) is 0.143. The van der Waals surface area contributed by atoms with Gasteiger partial charge >= 0.3 is 6.01 Å². The Morgan fingerprint density at radius 1 is 1.10 bits per heavy atom. The van der Waals surface area contributed by atoms with Crippen molar-refractivity contribution in [2.24, 2.45) is 11.3 Å². The second kappa shape index (κ2) is 13.8. The Hall–Kier alpha value is -3.93. The first kappa shape index (κ1) is 33.6. The van der Waals surface area contributed by atoms with E-state index in [0.717, 1.165) is 80.8 Å². The van der Waals surface area contributed by atoms with Crippen molar-refractivity contribution < 1.29 is 28.5 Å². The number of methoxy groups -OCH3 is 1. The Balaban J connectivity index is 1.28. The number of piperidine rings is 2. The molecule has 10 nitrogen and oxygen atoms in total. The third-order valence-corrected chi connectivity index (χ3v) is 10.5. The number of aldehydes is 1. The van der Waals surface area contributed by atoms with Gasteiger partial charge in [-0.15, -0.1) is 0 Å². The molecule has 2 aromatic carbocycles. The normalized spacial score (nSPS) is 21.3. The van der Waals surface area contributed by atoms with E-state index in [1.54, 1.807) is 13.3 Å². The fourth-order valence-corrected chi connectivity index (χ4v) is 7.55. The number of aliphatic hydroxyl groups is 1. The molecule has 4 heterocycles. The summed E-state index contributed by atoms with van der Waals surface area (Å²) < 4.78 is 34.4. The van der Waals surface area contributed by atoms with E-state index < -0.39 is 11.4 Å². The van der Waals surface area contributed by atoms with Gasteiger partial charge in [-0.25, -0.2) is 4.39 Å². The van der Waals surface area contributed by atoms with Crippen LogP contribution in [0.25, 0.3) is 32.9 Å². The zero-order chi connectivity index (χ0) is 34.2. The number of fused-ring (bicyclic) bond motifs is 2. The summed E-state index contributed by atoms with van der Waals surface area (Å²) in [5.41, 5.74) is 1.05. The summed E-state index contributed by atoms with van der Waals surface area (Å²) in [6.45, 7) is 8.10. The number of pyridine rings is 1. The summed E-state index contributed by atoms with van der Waals surface area (Å²) in [6.07, 6.45) is 8.78. The highest BCUT2D eigenvalue weighted by Crippen LogP contribution is 2.47. The summed E-state index contributed by atoms with van der Waals surface area (Å²) in [6, 6.07) is 9.89. The number of benzene rings is 2. The maximum atomic E-state index is 17.1. The van der Waals surface area contributed by atoms with E-state index in [-0.39, 0.29) is 35.3 Å². The molecule has 2 saturated heterocycles. The average Bonchev–Trinajstić information content (AvgIpc) is 3.88. The molecule has 2 aromatic heterocycles. The third-order valence-electron chi connectivity index (χ3n) is 10.5. The number of anilines is 1. The first-order valence-electron chi connectivity index (χ1n) is 17.5. The molecule has 49 heavy (non-hydrogen) atoms. The number of β-amino-alcohol motifs (C(OH)–C–C–N with tert-alkyl or cyclic N) is 1. The Kier molecular flexibility index (Phi) is 9.43. The smallest absolute Gasteiger partial charge is 0.319 e. The number of ether oxygens (including phenoxy) is 3. The summed E-state index contributed by atoms with van der Waals surface area (Å²) >= 11 is 0. The number of aryl methyl sites for hydroxylation is 1. The minimum absolute atomic E-state index is 0.0125. The molecule has 0 amide bonds. The molecule has 0 unspecified atom stereocenters. The molecule has 3 aliphatic rings. The number of carbonyl (C=O) groups is 1. The number of aromatic nitrogens is 3. The number of nitrogens with zero attached hydrogens (tertiary/aromatic N) is 5. The van der Waals surface area contributed by atoms with Crippen LogP contribution in [0.5, 0.6) is 11.8 Å². The van der Waals surface area contributed by atoms with Crippen molar-refractivity contribution in [3.8, 4) is 23.0 Å². The Labute approximate surface area is 286 Å². The molecular weight excluding hydrogens is 625 g/mol. The van der Waals surface area contributed by atoms with Crippen LogP contribution in [0.2, 0.25) is 0 Å². The number of carbonyl (C=O) groups excluding carboxylic acids is 1. The highest BCUT2D eigenvalue weighted by molar-refractivity contribution is 6.01. The van der Waals surface area contributed by atoms with Gasteiger partial charge in [0, 0.05) is 49.8 Å². The third kappa shape index (κ3) is 7.07. The summed E-state index contributed by atoms with van der Waals surface area (Å²) in [5, 5.41) is 13.3. The number of likely N-dealkylation sites (tertiary alicyclic amines) is 1. The lowest BCUT2D eigenvalue weighted by molar-refractivity contribution is -0.112. The van der Waals surface area contributed by atoms with Crippen LogP contribution < -0.4 is 14.4 Å². The Morgan fingerprint density at radius 3 is 2.63 bits per heavy atom. The van der Waals surface area contributed by atoms with Crippen LogP contribution >= 0.6 is 0 Å². The zero-order valence-corrected chi connectivity index (χ0v) is 28.7. The van der Waals surface area contributed by atoms with E-state index in [4.69, 9.17) is 29.2 Å². The van der Waals surface area contributed by atoms with Crippen LogP contribution in [0.3, 0.4) is 0 Å². The minimum Gasteiger partial charge on any atom is -0.468 e. The van der Waals surface area contributed by atoms with E-state index in [0.29, 0.717) is 48.6 Å². The second-order valence-corrected chi connectivity index (χ2v) is 14.5. The second-order valence-electron chi connectivity index (χ2n) is 14.5. The van der Waals surface area contributed by atoms with Gasteiger partial charge < -0.3 is 33.9 Å². The first-order chi connectivity index (χ1) is 23.7. The van der Waals surface area contributed by atoms with Crippen molar-refractivity contribution in [2.45, 2.75) is 64.4 Å². The van der Waals surface area contributed by atoms with Crippen LogP contribution in [0.15, 0.2) is 36.5 Å². The van der Waals surface area contributed by atoms with Crippen molar-refractivity contribution in [3.63, 3.8) is 0 Å². The average molecular weight is 672 g/mol. The highest BCUT2D eigenvalue weighted by atomic mass is 19.1. The fourth-order valence-electron chi connectivity index (χ4n) is 7.55. The van der Waals surface area contributed by atoms with Crippen LogP contribution in [0, 0.1) is 17.2 Å². The largest absolute Gasteiger partial charge is 0.468 e. The molecule has 1 atom stereocenters. The van der Waals surface area contributed by atoms with Crippen molar-refractivity contribution >= 4 is 33.8 Å². The molecule has 11 heteroatoms. The number of halogens is 1. The molecule has 1 N–H and O–H groups in total. The van der Waals surface area contributed by atoms with Gasteiger partial charge in [0.05, 0.1) is 17.6 Å². The van der Waals surface area contributed by atoms with Gasteiger partial charge in [0.2, 0.25) is 0 Å². The van der Waals surface area contributed by atoms with Gasteiger partial charge in [0.25, 0.3) is 0 Å². The number of rotatable bonds is 12. The molecular formula is C38H46FN5O5. The van der Waals surface area contributed by atoms with Crippen molar-refractivity contribution in [3.05, 3.63) is 47.9 Å². The van der Waals surface area contributed by atoms with Gasteiger partial charge in [-0.05, 0) is 93.4 Å².